The molecule has 0 unspecified atom stereocenters. The van der Waals surface area contributed by atoms with E-state index in [1.807, 2.05) is 109 Å². The van der Waals surface area contributed by atoms with Crippen LogP contribution in [0.3, 0.4) is 0 Å². The number of allylic oxidation sites excluding steroid dienone is 1. The summed E-state index contributed by atoms with van der Waals surface area (Å²) < 4.78 is 17.9. The summed E-state index contributed by atoms with van der Waals surface area (Å²) in [6, 6.07) is 13.7. The molecule has 0 saturated carbocycles. The van der Waals surface area contributed by atoms with Crippen LogP contribution in [0.4, 0.5) is 5.69 Å². The first kappa shape index (κ1) is 43.1. The second kappa shape index (κ2) is 17.3. The van der Waals surface area contributed by atoms with E-state index in [1.54, 1.807) is 13.3 Å². The first-order valence-electron chi connectivity index (χ1n) is 21.1. The molecule has 1 atom stereocenters. The molecule has 2 N–H and O–H groups in total. The number of carbonyl (C=O) groups excluding carboxylic acids is 2. The Labute approximate surface area is 372 Å². The van der Waals surface area contributed by atoms with Crippen LogP contribution in [0.25, 0.3) is 38.6 Å². The lowest BCUT2D eigenvalue weighted by Crippen LogP contribution is -2.43. The molecule has 0 radical (unpaired) electrons. The van der Waals surface area contributed by atoms with Crippen LogP contribution in [0.1, 0.15) is 70.4 Å². The average Bonchev–Trinajstić information content (AvgIpc) is 3.87. The molecule has 0 spiro atoms. The highest BCUT2D eigenvalue weighted by molar-refractivity contribution is 6.35. The molecule has 0 bridgehead atoms. The second-order valence-corrected chi connectivity index (χ2v) is 17.4. The highest BCUT2D eigenvalue weighted by atomic mass is 35.5. The number of hydrogen-bond donors (Lipinski definition) is 1. The van der Waals surface area contributed by atoms with Crippen molar-refractivity contribution in [3.63, 3.8) is 0 Å². The fraction of sp³-hybridized carbons (Fsp3) is 0.375. The number of aromatic nitrogens is 4. The van der Waals surface area contributed by atoms with E-state index in [4.69, 9.17) is 43.5 Å². The summed E-state index contributed by atoms with van der Waals surface area (Å²) in [6.07, 6.45) is 4.91. The Morgan fingerprint density at radius 1 is 1.03 bits per heavy atom. The third-order valence-electron chi connectivity index (χ3n) is 12.4. The predicted molar refractivity (Wildman–Crippen MR) is 250 cm³/mol. The zero-order chi connectivity index (χ0) is 44.1. The summed E-state index contributed by atoms with van der Waals surface area (Å²) in [5.74, 6) is 0.617. The first-order chi connectivity index (χ1) is 29.7. The molecule has 2 amide bonds. The van der Waals surface area contributed by atoms with E-state index in [2.05, 4.69) is 16.5 Å². The van der Waals surface area contributed by atoms with E-state index in [0.717, 1.165) is 82.9 Å². The largest absolute Gasteiger partial charge is 0.494 e. The van der Waals surface area contributed by atoms with Crippen molar-refractivity contribution in [1.29, 1.82) is 0 Å². The highest BCUT2D eigenvalue weighted by Gasteiger charge is 2.38. The van der Waals surface area contributed by atoms with Crippen molar-refractivity contribution in [2.24, 2.45) is 17.8 Å². The fourth-order valence-corrected chi connectivity index (χ4v) is 9.63. The first-order valence-corrected chi connectivity index (χ1v) is 21.9. The Morgan fingerprint density at radius 2 is 1.76 bits per heavy atom. The van der Waals surface area contributed by atoms with Gasteiger partial charge in [-0.05, 0) is 113 Å². The molecule has 1 saturated heterocycles. The third kappa shape index (κ3) is 7.66. The number of fused-ring (bicyclic) bond motifs is 4. The fourth-order valence-electron chi connectivity index (χ4n) is 9.28. The molecule has 14 heteroatoms. The molecule has 62 heavy (non-hydrogen) atoms. The summed E-state index contributed by atoms with van der Waals surface area (Å²) in [6.45, 7) is 15.1. The SMILES string of the molecule is CN=CC(C)=C(N)c1ccc2c(c1)c(N1C[C@@H](C)n3c(c(CCCOc4cc(C)c(Cl)c(C)c4)c4ccc(Cl)c(-c5c(C)nn(C)c5C)c43)C1=O)cn2CC(=O)N1CCOCC1. The molecule has 6 aromatic rings. The van der Waals surface area contributed by atoms with E-state index in [0.29, 0.717) is 74.4 Å². The number of ether oxygens (including phenoxy) is 2. The van der Waals surface area contributed by atoms with Crippen LogP contribution in [0, 0.1) is 27.7 Å². The van der Waals surface area contributed by atoms with Crippen molar-refractivity contribution >= 4 is 74.4 Å². The number of aliphatic imine (C=N–C) groups is 1. The Hall–Kier alpha value is -5.56. The van der Waals surface area contributed by atoms with Gasteiger partial charge in [0.05, 0.1) is 47.3 Å². The zero-order valence-electron chi connectivity index (χ0n) is 36.7. The summed E-state index contributed by atoms with van der Waals surface area (Å²) in [5, 5.41) is 7.88. The van der Waals surface area contributed by atoms with Crippen molar-refractivity contribution in [3.8, 4) is 16.9 Å². The normalized spacial score (nSPS) is 16.2. The number of halogens is 2. The summed E-state index contributed by atoms with van der Waals surface area (Å²) in [7, 11) is 3.65. The van der Waals surface area contributed by atoms with Gasteiger partial charge in [-0.25, -0.2) is 0 Å². The van der Waals surface area contributed by atoms with Gasteiger partial charge in [0.2, 0.25) is 5.91 Å². The highest BCUT2D eigenvalue weighted by Crippen LogP contribution is 2.46. The topological polar surface area (TPSA) is 125 Å². The summed E-state index contributed by atoms with van der Waals surface area (Å²) in [5.41, 5.74) is 18.5. The molecule has 5 heterocycles. The summed E-state index contributed by atoms with van der Waals surface area (Å²) in [4.78, 5) is 37.2. The lowest BCUT2D eigenvalue weighted by molar-refractivity contribution is -0.135. The standard InChI is InChI=1S/C48H54Cl2N8O4/c1-27-20-34(21-28(2)44(27)50)62-17-9-10-35-36-12-13-38(49)43(42-31(5)53-54(8)32(42)6)46(36)58-30(4)24-57(48(60)47(35)58)40-25-56(26-41(59)55-15-18-61-19-16-55)39-14-11-33(22-37(39)40)45(51)29(3)23-52-7/h11-14,20-23,25,30H,9-10,15-19,24,26,51H2,1-8H3/t30-/m1/s1. The number of rotatable bonds is 11. The van der Waals surface area contributed by atoms with Crippen LogP contribution in [-0.2, 0) is 29.5 Å². The van der Waals surface area contributed by atoms with E-state index < -0.39 is 0 Å². The van der Waals surface area contributed by atoms with E-state index in [9.17, 15) is 4.79 Å². The lowest BCUT2D eigenvalue weighted by Gasteiger charge is -2.34. The number of nitrogens with zero attached hydrogens (tertiary/aromatic N) is 7. The predicted octanol–water partition coefficient (Wildman–Crippen LogP) is 9.02. The Balaban J connectivity index is 1.27. The van der Waals surface area contributed by atoms with Gasteiger partial charge >= 0.3 is 0 Å². The molecular formula is C48H54Cl2N8O4. The van der Waals surface area contributed by atoms with Gasteiger partial charge in [0.1, 0.15) is 18.0 Å². The van der Waals surface area contributed by atoms with Crippen LogP contribution < -0.4 is 15.4 Å². The monoisotopic (exact) mass is 876 g/mol. The van der Waals surface area contributed by atoms with Crippen LogP contribution in [0.15, 0.2) is 59.2 Å². The molecule has 0 aliphatic carbocycles. The van der Waals surface area contributed by atoms with Crippen LogP contribution >= 0.6 is 23.2 Å². The Kier molecular flexibility index (Phi) is 12.0. The van der Waals surface area contributed by atoms with Crippen molar-refractivity contribution in [1.82, 2.24) is 23.8 Å². The molecule has 8 rings (SSSR count). The van der Waals surface area contributed by atoms with Crippen molar-refractivity contribution in [2.75, 3.05) is 51.4 Å². The Bertz CT molecular complexity index is 2800. The minimum Gasteiger partial charge on any atom is -0.494 e. The number of hydrogen-bond acceptors (Lipinski definition) is 7. The smallest absolute Gasteiger partial charge is 0.275 e. The number of nitrogens with two attached hydrogens (primary N) is 1. The number of benzene rings is 3. The van der Waals surface area contributed by atoms with Gasteiger partial charge in [0.25, 0.3) is 5.91 Å². The van der Waals surface area contributed by atoms with Crippen LogP contribution in [-0.4, -0.2) is 88.3 Å². The molecule has 2 aliphatic heterocycles. The molecule has 12 nitrogen and oxygen atoms in total. The second-order valence-electron chi connectivity index (χ2n) is 16.6. The number of anilines is 1. The number of amides is 2. The van der Waals surface area contributed by atoms with Gasteiger partial charge in [0, 0.05) is 90.5 Å². The maximum Gasteiger partial charge on any atom is 0.275 e. The summed E-state index contributed by atoms with van der Waals surface area (Å²) >= 11 is 13.7. The molecule has 324 valence electrons. The maximum absolute atomic E-state index is 15.6. The molecule has 3 aromatic heterocycles. The van der Waals surface area contributed by atoms with Gasteiger partial charge < -0.3 is 34.1 Å². The van der Waals surface area contributed by atoms with Crippen LogP contribution in [0.5, 0.6) is 5.75 Å². The maximum atomic E-state index is 15.6. The quantitative estimate of drug-likeness (QED) is 0.102. The van der Waals surface area contributed by atoms with Gasteiger partial charge in [-0.15, -0.1) is 0 Å². The molecule has 3 aromatic carbocycles. The van der Waals surface area contributed by atoms with Crippen LogP contribution in [0.2, 0.25) is 10.0 Å². The van der Waals surface area contributed by atoms with Gasteiger partial charge in [-0.3, -0.25) is 19.3 Å². The minimum atomic E-state index is -0.172. The van der Waals surface area contributed by atoms with Gasteiger partial charge in [-0.2, -0.15) is 5.10 Å². The van der Waals surface area contributed by atoms with E-state index in [1.165, 1.54) is 0 Å². The number of aryl methyl sites for hydroxylation is 5. The number of carbonyl (C=O) groups is 2. The van der Waals surface area contributed by atoms with Gasteiger partial charge in [0.15, 0.2) is 0 Å². The zero-order valence-corrected chi connectivity index (χ0v) is 38.2. The van der Waals surface area contributed by atoms with E-state index in [-0.39, 0.29) is 24.4 Å². The lowest BCUT2D eigenvalue weighted by atomic mass is 9.98. The molecule has 1 fully saturated rings. The van der Waals surface area contributed by atoms with Gasteiger partial charge in [-0.1, -0.05) is 35.3 Å². The van der Waals surface area contributed by atoms with Crippen molar-refractivity contribution < 1.29 is 19.1 Å². The number of morpholine rings is 1. The molecular weight excluding hydrogens is 823 g/mol. The Morgan fingerprint density at radius 3 is 2.44 bits per heavy atom. The van der Waals surface area contributed by atoms with Crippen molar-refractivity contribution in [2.45, 2.75) is 67.0 Å². The third-order valence-corrected chi connectivity index (χ3v) is 13.4. The average molecular weight is 878 g/mol. The van der Waals surface area contributed by atoms with E-state index >= 15 is 4.79 Å². The molecule has 2 aliphatic rings. The minimum absolute atomic E-state index is 0.00692. The van der Waals surface area contributed by atoms with Crippen molar-refractivity contribution in [3.05, 3.63) is 104 Å².